The molecule has 4 rings (SSSR count). The first-order valence-electron chi connectivity index (χ1n) is 9.66. The Morgan fingerprint density at radius 1 is 1.04 bits per heavy atom. The van der Waals surface area contributed by atoms with Gasteiger partial charge in [0.2, 0.25) is 0 Å². The van der Waals surface area contributed by atoms with E-state index < -0.39 is 0 Å². The minimum atomic E-state index is -0.294. The van der Waals surface area contributed by atoms with Crippen molar-refractivity contribution < 1.29 is 4.39 Å². The third-order valence-electron chi connectivity index (χ3n) is 5.42. The van der Waals surface area contributed by atoms with Crippen molar-refractivity contribution in [3.63, 3.8) is 0 Å². The van der Waals surface area contributed by atoms with E-state index in [2.05, 4.69) is 12.1 Å². The lowest BCUT2D eigenvalue weighted by atomic mass is 10.00. The molecule has 0 bridgehead atoms. The van der Waals surface area contributed by atoms with Gasteiger partial charge in [-0.2, -0.15) is 5.10 Å². The second kappa shape index (κ2) is 8.31. The third-order valence-corrected chi connectivity index (χ3v) is 6.17. The van der Waals surface area contributed by atoms with Crippen LogP contribution in [0.5, 0.6) is 0 Å². The minimum absolute atomic E-state index is 0.101. The number of halogens is 1. The Bertz CT molecular complexity index is 1010. The van der Waals surface area contributed by atoms with Crippen LogP contribution in [0.3, 0.4) is 0 Å². The standard InChI is InChI=1S/C23H23FN2OS/c1-28-20-12-8-18(9-13-20)23-21(17-6-10-19(24)11-7-17)14-22(27)26(25-23)15-16-4-2-3-5-16/h6-14,16H,2-5,15H2,1H3. The van der Waals surface area contributed by atoms with Crippen LogP contribution in [0, 0.1) is 11.7 Å². The normalized spacial score (nSPS) is 14.5. The van der Waals surface area contributed by atoms with Gasteiger partial charge in [-0.15, -0.1) is 11.8 Å². The zero-order valence-corrected chi connectivity index (χ0v) is 16.7. The molecule has 3 aromatic rings. The van der Waals surface area contributed by atoms with Crippen LogP contribution >= 0.6 is 11.8 Å². The molecule has 0 saturated heterocycles. The Morgan fingerprint density at radius 2 is 1.68 bits per heavy atom. The molecule has 3 nitrogen and oxygen atoms in total. The van der Waals surface area contributed by atoms with E-state index in [0.29, 0.717) is 12.5 Å². The van der Waals surface area contributed by atoms with Gasteiger partial charge in [0.1, 0.15) is 5.82 Å². The molecule has 1 heterocycles. The van der Waals surface area contributed by atoms with Crippen molar-refractivity contribution in [2.24, 2.45) is 5.92 Å². The quantitative estimate of drug-likeness (QED) is 0.526. The van der Waals surface area contributed by atoms with E-state index in [0.717, 1.165) is 35.2 Å². The number of rotatable bonds is 5. The molecule has 0 spiro atoms. The highest BCUT2D eigenvalue weighted by atomic mass is 32.2. The molecular weight excluding hydrogens is 371 g/mol. The molecule has 144 valence electrons. The fourth-order valence-electron chi connectivity index (χ4n) is 3.87. The van der Waals surface area contributed by atoms with Gasteiger partial charge in [-0.25, -0.2) is 9.07 Å². The smallest absolute Gasteiger partial charge is 0.267 e. The van der Waals surface area contributed by atoms with Crippen LogP contribution in [0.15, 0.2) is 64.3 Å². The van der Waals surface area contributed by atoms with Crippen LogP contribution in [0.25, 0.3) is 22.4 Å². The van der Waals surface area contributed by atoms with E-state index in [1.54, 1.807) is 34.6 Å². The van der Waals surface area contributed by atoms with E-state index in [4.69, 9.17) is 5.10 Å². The highest BCUT2D eigenvalue weighted by Crippen LogP contribution is 2.31. The van der Waals surface area contributed by atoms with Crippen LogP contribution < -0.4 is 5.56 Å². The first-order chi connectivity index (χ1) is 13.6. The average molecular weight is 395 g/mol. The molecular formula is C23H23FN2OS. The number of hydrogen-bond acceptors (Lipinski definition) is 3. The molecule has 0 amide bonds. The van der Waals surface area contributed by atoms with Gasteiger partial charge in [0.05, 0.1) is 5.69 Å². The molecule has 2 aromatic carbocycles. The summed E-state index contributed by atoms with van der Waals surface area (Å²) in [5.41, 5.74) is 3.15. The summed E-state index contributed by atoms with van der Waals surface area (Å²) in [6.45, 7) is 0.665. The first-order valence-corrected chi connectivity index (χ1v) is 10.9. The zero-order chi connectivity index (χ0) is 19.5. The van der Waals surface area contributed by atoms with Gasteiger partial charge in [-0.3, -0.25) is 4.79 Å². The van der Waals surface area contributed by atoms with Crippen molar-refractivity contribution in [2.75, 3.05) is 6.26 Å². The summed E-state index contributed by atoms with van der Waals surface area (Å²) in [6, 6.07) is 16.1. The Labute approximate surface area is 168 Å². The minimum Gasteiger partial charge on any atom is -0.268 e. The molecule has 0 aliphatic heterocycles. The largest absolute Gasteiger partial charge is 0.268 e. The van der Waals surface area contributed by atoms with E-state index in [1.807, 2.05) is 18.4 Å². The van der Waals surface area contributed by atoms with Gasteiger partial charge < -0.3 is 0 Å². The maximum Gasteiger partial charge on any atom is 0.267 e. The van der Waals surface area contributed by atoms with Crippen molar-refractivity contribution in [1.82, 2.24) is 9.78 Å². The topological polar surface area (TPSA) is 34.9 Å². The van der Waals surface area contributed by atoms with E-state index in [9.17, 15) is 9.18 Å². The van der Waals surface area contributed by atoms with Crippen molar-refractivity contribution in [2.45, 2.75) is 37.1 Å². The molecule has 0 unspecified atom stereocenters. The molecule has 0 radical (unpaired) electrons. The number of aromatic nitrogens is 2. The summed E-state index contributed by atoms with van der Waals surface area (Å²) in [5.74, 6) is 0.228. The van der Waals surface area contributed by atoms with Crippen molar-refractivity contribution >= 4 is 11.8 Å². The Morgan fingerprint density at radius 3 is 2.32 bits per heavy atom. The molecule has 1 fully saturated rings. The van der Waals surface area contributed by atoms with E-state index in [1.165, 1.54) is 29.9 Å². The highest BCUT2D eigenvalue weighted by Gasteiger charge is 2.19. The molecule has 1 saturated carbocycles. The third kappa shape index (κ3) is 4.04. The maximum absolute atomic E-state index is 13.4. The molecule has 0 N–H and O–H groups in total. The van der Waals surface area contributed by atoms with E-state index in [-0.39, 0.29) is 11.4 Å². The van der Waals surface area contributed by atoms with Gasteiger partial charge in [-0.1, -0.05) is 37.1 Å². The summed E-state index contributed by atoms with van der Waals surface area (Å²) in [7, 11) is 0. The molecule has 5 heteroatoms. The van der Waals surface area contributed by atoms with Crippen LogP contribution in [-0.2, 0) is 6.54 Å². The summed E-state index contributed by atoms with van der Waals surface area (Å²) >= 11 is 1.68. The fraction of sp³-hybridized carbons (Fsp3) is 0.304. The molecule has 1 aromatic heterocycles. The molecule has 28 heavy (non-hydrogen) atoms. The molecule has 1 aliphatic rings. The summed E-state index contributed by atoms with van der Waals surface area (Å²) in [6.07, 6.45) is 6.82. The SMILES string of the molecule is CSc1ccc(-c2nn(CC3CCCC3)c(=O)cc2-c2ccc(F)cc2)cc1. The summed E-state index contributed by atoms with van der Waals surface area (Å²) < 4.78 is 15.0. The predicted octanol–water partition coefficient (Wildman–Crippen LogP) is 5.63. The Kier molecular flexibility index (Phi) is 5.62. The number of hydrogen-bond donors (Lipinski definition) is 0. The molecule has 1 aliphatic carbocycles. The monoisotopic (exact) mass is 394 g/mol. The lowest BCUT2D eigenvalue weighted by Crippen LogP contribution is -2.26. The second-order valence-electron chi connectivity index (χ2n) is 7.31. The van der Waals surface area contributed by atoms with Crippen molar-refractivity contribution in [1.29, 1.82) is 0 Å². The maximum atomic E-state index is 13.4. The lowest BCUT2D eigenvalue weighted by Gasteiger charge is -2.15. The lowest BCUT2D eigenvalue weighted by molar-refractivity contribution is 0.416. The Balaban J connectivity index is 1.82. The fourth-order valence-corrected chi connectivity index (χ4v) is 4.28. The highest BCUT2D eigenvalue weighted by molar-refractivity contribution is 7.98. The number of nitrogens with zero attached hydrogens (tertiary/aromatic N) is 2. The van der Waals surface area contributed by atoms with Gasteiger partial charge >= 0.3 is 0 Å². The molecule has 0 atom stereocenters. The van der Waals surface area contributed by atoms with Crippen LogP contribution in [0.2, 0.25) is 0 Å². The van der Waals surface area contributed by atoms with Crippen molar-refractivity contribution in [3.05, 3.63) is 70.8 Å². The average Bonchev–Trinajstić information content (AvgIpc) is 3.23. The zero-order valence-electron chi connectivity index (χ0n) is 15.9. The van der Waals surface area contributed by atoms with Gasteiger partial charge in [-0.05, 0) is 54.8 Å². The van der Waals surface area contributed by atoms with Gasteiger partial charge in [0.25, 0.3) is 5.56 Å². The Hall–Kier alpha value is -2.40. The van der Waals surface area contributed by atoms with Crippen LogP contribution in [0.1, 0.15) is 25.7 Å². The van der Waals surface area contributed by atoms with Crippen molar-refractivity contribution in [3.8, 4) is 22.4 Å². The van der Waals surface area contributed by atoms with Crippen LogP contribution in [-0.4, -0.2) is 16.0 Å². The second-order valence-corrected chi connectivity index (χ2v) is 8.19. The first kappa shape index (κ1) is 18.9. The van der Waals surface area contributed by atoms with Gasteiger partial charge in [0.15, 0.2) is 0 Å². The number of thioether (sulfide) groups is 1. The summed E-state index contributed by atoms with van der Waals surface area (Å²) in [5, 5.41) is 4.76. The predicted molar refractivity (Wildman–Crippen MR) is 113 cm³/mol. The van der Waals surface area contributed by atoms with Gasteiger partial charge in [0, 0.05) is 28.6 Å². The summed E-state index contributed by atoms with van der Waals surface area (Å²) in [4.78, 5) is 13.9. The number of benzene rings is 2. The van der Waals surface area contributed by atoms with E-state index >= 15 is 0 Å². The van der Waals surface area contributed by atoms with Crippen LogP contribution in [0.4, 0.5) is 4.39 Å².